The number of amides is 1. The molecule has 0 aliphatic carbocycles. The van der Waals surface area contributed by atoms with Crippen LogP contribution >= 0.6 is 0 Å². The minimum absolute atomic E-state index is 0.0157. The number of hydrogen-bond donors (Lipinski definition) is 1. The molecule has 4 nitrogen and oxygen atoms in total. The maximum Gasteiger partial charge on any atom is 0.416 e. The van der Waals surface area contributed by atoms with Crippen molar-refractivity contribution in [1.29, 1.82) is 0 Å². The number of carbonyl (C=O) groups is 2. The number of aliphatic carboxylic acids is 1. The van der Waals surface area contributed by atoms with Crippen LogP contribution in [0.15, 0.2) is 24.3 Å². The summed E-state index contributed by atoms with van der Waals surface area (Å²) in [5, 5.41) is 8.84. The molecule has 1 aromatic rings. The minimum Gasteiger partial charge on any atom is -0.481 e. The van der Waals surface area contributed by atoms with E-state index in [-0.39, 0.29) is 24.4 Å². The Morgan fingerprint density at radius 1 is 1.22 bits per heavy atom. The molecule has 128 valence electrons. The van der Waals surface area contributed by atoms with Crippen molar-refractivity contribution in [2.24, 2.45) is 5.92 Å². The van der Waals surface area contributed by atoms with E-state index in [1.165, 1.54) is 37.1 Å². The summed E-state index contributed by atoms with van der Waals surface area (Å²) in [6, 6.07) is 5.16. The van der Waals surface area contributed by atoms with Gasteiger partial charge in [-0.25, -0.2) is 0 Å². The lowest BCUT2D eigenvalue weighted by molar-refractivity contribution is -0.143. The molecule has 0 saturated heterocycles. The normalized spacial score (nSPS) is 14.2. The number of carbonyl (C=O) groups excluding carboxylic acids is 1. The fraction of sp³-hybridized carbons (Fsp3) is 0.500. The van der Waals surface area contributed by atoms with E-state index >= 15 is 0 Å². The van der Waals surface area contributed by atoms with E-state index in [1.54, 1.807) is 6.92 Å². The summed E-state index contributed by atoms with van der Waals surface area (Å²) < 4.78 is 39.0. The highest BCUT2D eigenvalue weighted by Gasteiger charge is 2.34. The first-order chi connectivity index (χ1) is 10.5. The second-order valence-corrected chi connectivity index (χ2v) is 5.70. The van der Waals surface area contributed by atoms with Gasteiger partial charge >= 0.3 is 12.1 Å². The van der Waals surface area contributed by atoms with Gasteiger partial charge in [0.25, 0.3) is 0 Å². The number of alkyl halides is 3. The molecule has 0 aliphatic rings. The van der Waals surface area contributed by atoms with Gasteiger partial charge in [-0.1, -0.05) is 32.0 Å². The highest BCUT2D eigenvalue weighted by Crippen LogP contribution is 2.36. The minimum atomic E-state index is -4.47. The van der Waals surface area contributed by atoms with Gasteiger partial charge in [0.1, 0.15) is 0 Å². The van der Waals surface area contributed by atoms with Gasteiger partial charge in [-0.3, -0.25) is 9.59 Å². The molecule has 0 aromatic heterocycles. The Hall–Kier alpha value is -2.05. The Balaban J connectivity index is 2.82. The zero-order valence-corrected chi connectivity index (χ0v) is 13.2. The fourth-order valence-corrected chi connectivity index (χ4v) is 2.30. The van der Waals surface area contributed by atoms with Crippen LogP contribution in [0.2, 0.25) is 0 Å². The van der Waals surface area contributed by atoms with Crippen molar-refractivity contribution in [3.8, 4) is 0 Å². The van der Waals surface area contributed by atoms with Gasteiger partial charge in [-0.05, 0) is 17.5 Å². The number of halogens is 3. The van der Waals surface area contributed by atoms with Crippen molar-refractivity contribution < 1.29 is 27.9 Å². The largest absolute Gasteiger partial charge is 0.481 e. The van der Waals surface area contributed by atoms with Crippen LogP contribution in [-0.4, -0.2) is 35.5 Å². The summed E-state index contributed by atoms with van der Waals surface area (Å²) in [6.07, 6.45) is -4.59. The van der Waals surface area contributed by atoms with E-state index in [0.717, 1.165) is 6.07 Å². The molecule has 0 spiro atoms. The van der Waals surface area contributed by atoms with Crippen molar-refractivity contribution in [1.82, 2.24) is 4.90 Å². The van der Waals surface area contributed by atoms with E-state index < -0.39 is 29.5 Å². The van der Waals surface area contributed by atoms with Gasteiger partial charge in [0.05, 0.1) is 11.5 Å². The summed E-state index contributed by atoms with van der Waals surface area (Å²) in [6.45, 7) is 3.03. The molecule has 0 heterocycles. The van der Waals surface area contributed by atoms with E-state index in [2.05, 4.69) is 0 Å². The quantitative estimate of drug-likeness (QED) is 0.869. The molecule has 2 unspecified atom stereocenters. The van der Waals surface area contributed by atoms with Crippen molar-refractivity contribution in [3.05, 3.63) is 35.4 Å². The van der Waals surface area contributed by atoms with Crippen LogP contribution in [0.4, 0.5) is 13.2 Å². The smallest absolute Gasteiger partial charge is 0.416 e. The summed E-state index contributed by atoms with van der Waals surface area (Å²) in [4.78, 5) is 24.1. The maximum atomic E-state index is 13.0. The van der Waals surface area contributed by atoms with E-state index in [1.807, 2.05) is 0 Å². The third-order valence-corrected chi connectivity index (χ3v) is 3.67. The van der Waals surface area contributed by atoms with Crippen molar-refractivity contribution in [2.75, 3.05) is 13.6 Å². The van der Waals surface area contributed by atoms with Crippen LogP contribution in [0, 0.1) is 5.92 Å². The third kappa shape index (κ3) is 5.26. The number of carboxylic acid groups (broad SMARTS) is 1. The van der Waals surface area contributed by atoms with Crippen LogP contribution in [-0.2, 0) is 15.8 Å². The van der Waals surface area contributed by atoms with E-state index in [0.29, 0.717) is 0 Å². The molecule has 0 fully saturated rings. The van der Waals surface area contributed by atoms with Crippen molar-refractivity contribution in [2.45, 2.75) is 32.4 Å². The zero-order valence-electron chi connectivity index (χ0n) is 13.2. The van der Waals surface area contributed by atoms with Crippen molar-refractivity contribution >= 4 is 11.9 Å². The van der Waals surface area contributed by atoms with Crippen molar-refractivity contribution in [3.63, 3.8) is 0 Å². The summed E-state index contributed by atoms with van der Waals surface area (Å²) in [5.41, 5.74) is -0.685. The molecule has 2 atom stereocenters. The summed E-state index contributed by atoms with van der Waals surface area (Å²) in [7, 11) is 1.45. The molecule has 0 radical (unpaired) electrons. The molecule has 7 heteroatoms. The van der Waals surface area contributed by atoms with Crippen LogP contribution < -0.4 is 0 Å². The predicted molar refractivity (Wildman–Crippen MR) is 78.9 cm³/mol. The third-order valence-electron chi connectivity index (χ3n) is 3.67. The van der Waals surface area contributed by atoms with Gasteiger partial charge in [0, 0.05) is 20.0 Å². The second-order valence-electron chi connectivity index (χ2n) is 5.70. The molecule has 1 rings (SSSR count). The Bertz CT molecular complexity index is 572. The lowest BCUT2D eigenvalue weighted by atomic mass is 9.92. The fourth-order valence-electron chi connectivity index (χ4n) is 2.30. The van der Waals surface area contributed by atoms with Crippen LogP contribution in [0.1, 0.15) is 37.3 Å². The van der Waals surface area contributed by atoms with E-state index in [9.17, 15) is 22.8 Å². The average molecular weight is 331 g/mol. The Morgan fingerprint density at radius 2 is 1.78 bits per heavy atom. The molecule has 0 saturated carbocycles. The van der Waals surface area contributed by atoms with Gasteiger partial charge in [-0.15, -0.1) is 0 Å². The Kier molecular flexibility index (Phi) is 6.18. The number of benzene rings is 1. The van der Waals surface area contributed by atoms with Gasteiger partial charge in [-0.2, -0.15) is 13.2 Å². The monoisotopic (exact) mass is 331 g/mol. The Morgan fingerprint density at radius 3 is 2.30 bits per heavy atom. The van der Waals surface area contributed by atoms with Gasteiger partial charge in [0.2, 0.25) is 5.91 Å². The molecule has 23 heavy (non-hydrogen) atoms. The molecule has 0 bridgehead atoms. The summed E-state index contributed by atoms with van der Waals surface area (Å²) >= 11 is 0. The molecular formula is C16H20F3NO3. The lowest BCUT2D eigenvalue weighted by Gasteiger charge is -2.23. The molecule has 1 aromatic carbocycles. The standard InChI is InChI=1S/C16H20F3NO3/c1-10(8-14(21)20(3)9-11(2)15(22)23)12-6-4-5-7-13(12)16(17,18)19/h4-7,10-11H,8-9H2,1-3H3,(H,22,23). The van der Waals surface area contributed by atoms with Crippen LogP contribution in [0.5, 0.6) is 0 Å². The first-order valence-corrected chi connectivity index (χ1v) is 7.17. The van der Waals surface area contributed by atoms with E-state index in [4.69, 9.17) is 5.11 Å². The topological polar surface area (TPSA) is 57.6 Å². The number of rotatable bonds is 6. The van der Waals surface area contributed by atoms with Crippen LogP contribution in [0.3, 0.4) is 0 Å². The SMILES string of the molecule is CC(CN(C)C(=O)CC(C)c1ccccc1C(F)(F)F)C(=O)O. The van der Waals surface area contributed by atoms with Crippen LogP contribution in [0.25, 0.3) is 0 Å². The number of hydrogen-bond acceptors (Lipinski definition) is 2. The first-order valence-electron chi connectivity index (χ1n) is 7.17. The number of carboxylic acids is 1. The highest BCUT2D eigenvalue weighted by molar-refractivity contribution is 5.78. The lowest BCUT2D eigenvalue weighted by Crippen LogP contribution is -2.34. The Labute approximate surface area is 132 Å². The number of nitrogens with zero attached hydrogens (tertiary/aromatic N) is 1. The second kappa shape index (κ2) is 7.48. The molecular weight excluding hydrogens is 311 g/mol. The summed E-state index contributed by atoms with van der Waals surface area (Å²) in [5.74, 6) is -2.77. The highest BCUT2D eigenvalue weighted by atomic mass is 19.4. The van der Waals surface area contributed by atoms with Gasteiger partial charge in [0.15, 0.2) is 0 Å². The average Bonchev–Trinajstić information content (AvgIpc) is 2.45. The molecule has 1 N–H and O–H groups in total. The zero-order chi connectivity index (χ0) is 17.8. The van der Waals surface area contributed by atoms with Gasteiger partial charge < -0.3 is 10.0 Å². The first kappa shape index (κ1) is 19.0. The maximum absolute atomic E-state index is 13.0. The molecule has 0 aliphatic heterocycles. The molecule has 1 amide bonds. The predicted octanol–water partition coefficient (Wildman–Crippen LogP) is 3.38.